The number of nitrogens with one attached hydrogen (secondary N) is 1. The van der Waals surface area contributed by atoms with E-state index in [1.54, 1.807) is 30.3 Å². The minimum Gasteiger partial charge on any atom is -0.484 e. The first kappa shape index (κ1) is 24.3. The van der Waals surface area contributed by atoms with Crippen LogP contribution in [-0.4, -0.2) is 38.7 Å². The molecule has 3 aromatic rings. The van der Waals surface area contributed by atoms with Gasteiger partial charge in [0, 0.05) is 5.69 Å². The molecule has 0 heterocycles. The van der Waals surface area contributed by atoms with Gasteiger partial charge in [-0.3, -0.25) is 4.79 Å². The monoisotopic (exact) mass is 463 g/mol. The lowest BCUT2D eigenvalue weighted by atomic mass is 10.1. The largest absolute Gasteiger partial charge is 0.484 e. The number of amides is 1. The minimum absolute atomic E-state index is 0.0273. The molecule has 176 valence electrons. The van der Waals surface area contributed by atoms with E-state index < -0.39 is 11.9 Å². The Labute approximate surface area is 197 Å². The van der Waals surface area contributed by atoms with Gasteiger partial charge in [0.25, 0.3) is 5.91 Å². The highest BCUT2D eigenvalue weighted by molar-refractivity contribution is 6.03. The molecule has 3 rings (SSSR count). The van der Waals surface area contributed by atoms with Crippen LogP contribution in [-0.2, 0) is 14.3 Å². The second-order valence-corrected chi connectivity index (χ2v) is 7.40. The maximum absolute atomic E-state index is 12.2. The smallest absolute Gasteiger partial charge is 0.338 e. The van der Waals surface area contributed by atoms with Gasteiger partial charge < -0.3 is 24.3 Å². The van der Waals surface area contributed by atoms with Crippen molar-refractivity contribution in [3.8, 4) is 17.2 Å². The van der Waals surface area contributed by atoms with Gasteiger partial charge >= 0.3 is 11.9 Å². The zero-order chi connectivity index (χ0) is 24.7. The molecule has 3 aromatic carbocycles. The van der Waals surface area contributed by atoms with Crippen molar-refractivity contribution < 1.29 is 33.3 Å². The Morgan fingerprint density at radius 2 is 1.32 bits per heavy atom. The standard InChI is InChI=1S/C26H25NO7/c1-16-5-8-20(13-17(16)2)33-15-24(28)27-18-6-9-19(10-7-18)34-21-11-12-22(25(29)31-3)23(14-21)26(30)32-4/h5-14H,15H2,1-4H3,(H,27,28). The van der Waals surface area contributed by atoms with Gasteiger partial charge in [-0.15, -0.1) is 0 Å². The van der Waals surface area contributed by atoms with Crippen LogP contribution in [0.25, 0.3) is 0 Å². The van der Waals surface area contributed by atoms with E-state index in [-0.39, 0.29) is 23.6 Å². The lowest BCUT2D eigenvalue weighted by molar-refractivity contribution is -0.118. The van der Waals surface area contributed by atoms with Crippen LogP contribution in [0.15, 0.2) is 60.7 Å². The number of carbonyl (C=O) groups is 3. The summed E-state index contributed by atoms with van der Waals surface area (Å²) in [5.41, 5.74) is 2.91. The number of ether oxygens (including phenoxy) is 4. The maximum Gasteiger partial charge on any atom is 0.338 e. The second kappa shape index (κ2) is 11.0. The SMILES string of the molecule is COC(=O)c1ccc(Oc2ccc(NC(=O)COc3ccc(C)c(C)c3)cc2)cc1C(=O)OC. The molecular weight excluding hydrogens is 438 g/mol. The van der Waals surface area contributed by atoms with Crippen molar-refractivity contribution in [3.05, 3.63) is 82.9 Å². The van der Waals surface area contributed by atoms with Gasteiger partial charge in [0.2, 0.25) is 0 Å². The van der Waals surface area contributed by atoms with Crippen molar-refractivity contribution in [1.29, 1.82) is 0 Å². The van der Waals surface area contributed by atoms with Crippen LogP contribution >= 0.6 is 0 Å². The van der Waals surface area contributed by atoms with E-state index >= 15 is 0 Å². The van der Waals surface area contributed by atoms with Crippen LogP contribution in [0.5, 0.6) is 17.2 Å². The predicted molar refractivity (Wildman–Crippen MR) is 126 cm³/mol. The van der Waals surface area contributed by atoms with E-state index in [2.05, 4.69) is 5.32 Å². The summed E-state index contributed by atoms with van der Waals surface area (Å²) in [6.07, 6.45) is 0. The fourth-order valence-corrected chi connectivity index (χ4v) is 3.05. The average molecular weight is 463 g/mol. The Balaban J connectivity index is 1.62. The molecule has 0 aliphatic heterocycles. The Hall–Kier alpha value is -4.33. The minimum atomic E-state index is -0.688. The van der Waals surface area contributed by atoms with Gasteiger partial charge in [-0.25, -0.2) is 9.59 Å². The predicted octanol–water partition coefficient (Wildman–Crippen LogP) is 4.69. The molecule has 34 heavy (non-hydrogen) atoms. The number of methoxy groups -OCH3 is 2. The molecular formula is C26H25NO7. The lowest BCUT2D eigenvalue weighted by Crippen LogP contribution is -2.20. The van der Waals surface area contributed by atoms with Crippen LogP contribution in [0.4, 0.5) is 5.69 Å². The first-order valence-electron chi connectivity index (χ1n) is 10.4. The van der Waals surface area contributed by atoms with Gasteiger partial charge in [-0.1, -0.05) is 6.07 Å². The van der Waals surface area contributed by atoms with E-state index in [1.807, 2.05) is 32.0 Å². The highest BCUT2D eigenvalue weighted by atomic mass is 16.5. The Bertz CT molecular complexity index is 1200. The molecule has 1 amide bonds. The van der Waals surface area contributed by atoms with Crippen molar-refractivity contribution >= 4 is 23.5 Å². The van der Waals surface area contributed by atoms with E-state index in [4.69, 9.17) is 18.9 Å². The van der Waals surface area contributed by atoms with Gasteiger partial charge in [0.05, 0.1) is 25.3 Å². The van der Waals surface area contributed by atoms with E-state index in [0.717, 1.165) is 11.1 Å². The third kappa shape index (κ3) is 6.13. The molecule has 0 spiro atoms. The van der Waals surface area contributed by atoms with Gasteiger partial charge in [-0.05, 0) is 79.6 Å². The third-order valence-corrected chi connectivity index (χ3v) is 5.02. The normalized spacial score (nSPS) is 10.2. The molecule has 0 radical (unpaired) electrons. The molecule has 0 aromatic heterocycles. The zero-order valence-corrected chi connectivity index (χ0v) is 19.3. The summed E-state index contributed by atoms with van der Waals surface area (Å²) >= 11 is 0. The van der Waals surface area contributed by atoms with Crippen molar-refractivity contribution in [2.45, 2.75) is 13.8 Å². The van der Waals surface area contributed by atoms with E-state index in [0.29, 0.717) is 22.9 Å². The number of aryl methyl sites for hydroxylation is 2. The highest BCUT2D eigenvalue weighted by Gasteiger charge is 2.19. The molecule has 0 atom stereocenters. The summed E-state index contributed by atoms with van der Waals surface area (Å²) in [5, 5.41) is 2.76. The zero-order valence-electron chi connectivity index (χ0n) is 19.3. The fraction of sp³-hybridized carbons (Fsp3) is 0.192. The topological polar surface area (TPSA) is 100 Å². The number of hydrogen-bond acceptors (Lipinski definition) is 7. The van der Waals surface area contributed by atoms with Gasteiger partial charge in [0.15, 0.2) is 6.61 Å². The first-order chi connectivity index (χ1) is 16.3. The maximum atomic E-state index is 12.2. The van der Waals surface area contributed by atoms with Crippen molar-refractivity contribution in [3.63, 3.8) is 0 Å². The summed E-state index contributed by atoms with van der Waals surface area (Å²) < 4.78 is 20.7. The number of carbonyl (C=O) groups excluding carboxylic acids is 3. The molecule has 0 bridgehead atoms. The molecule has 0 unspecified atom stereocenters. The van der Waals surface area contributed by atoms with Crippen molar-refractivity contribution in [2.75, 3.05) is 26.1 Å². The van der Waals surface area contributed by atoms with E-state index in [1.165, 1.54) is 26.4 Å². The van der Waals surface area contributed by atoms with Crippen LogP contribution in [0.2, 0.25) is 0 Å². The molecule has 0 fully saturated rings. The Morgan fingerprint density at radius 3 is 1.97 bits per heavy atom. The molecule has 0 saturated heterocycles. The van der Waals surface area contributed by atoms with Crippen LogP contribution in [0, 0.1) is 13.8 Å². The Kier molecular flexibility index (Phi) is 7.87. The fourth-order valence-electron chi connectivity index (χ4n) is 3.05. The second-order valence-electron chi connectivity index (χ2n) is 7.40. The molecule has 8 nitrogen and oxygen atoms in total. The van der Waals surface area contributed by atoms with Crippen LogP contribution in [0.3, 0.4) is 0 Å². The number of anilines is 1. The summed E-state index contributed by atoms with van der Waals surface area (Å²) in [7, 11) is 2.44. The molecule has 1 N–H and O–H groups in total. The molecule has 0 aliphatic carbocycles. The molecule has 8 heteroatoms. The average Bonchev–Trinajstić information content (AvgIpc) is 2.85. The van der Waals surface area contributed by atoms with Gasteiger partial charge in [-0.2, -0.15) is 0 Å². The van der Waals surface area contributed by atoms with Crippen LogP contribution < -0.4 is 14.8 Å². The summed E-state index contributed by atoms with van der Waals surface area (Å²) in [6.45, 7) is 3.87. The number of benzene rings is 3. The first-order valence-corrected chi connectivity index (χ1v) is 10.4. The summed E-state index contributed by atoms with van der Waals surface area (Å²) in [5.74, 6) is -0.224. The number of rotatable bonds is 8. The quantitative estimate of drug-likeness (QED) is 0.484. The van der Waals surface area contributed by atoms with Crippen LogP contribution in [0.1, 0.15) is 31.8 Å². The number of esters is 2. The third-order valence-electron chi connectivity index (χ3n) is 5.02. The molecule has 0 aliphatic rings. The lowest BCUT2D eigenvalue weighted by Gasteiger charge is -2.11. The summed E-state index contributed by atoms with van der Waals surface area (Å²) in [4.78, 5) is 36.1. The van der Waals surface area contributed by atoms with E-state index in [9.17, 15) is 14.4 Å². The molecule has 0 saturated carbocycles. The highest BCUT2D eigenvalue weighted by Crippen LogP contribution is 2.26. The van der Waals surface area contributed by atoms with Gasteiger partial charge in [0.1, 0.15) is 17.2 Å². The summed E-state index contributed by atoms with van der Waals surface area (Å²) in [6, 6.07) is 16.7. The van der Waals surface area contributed by atoms with Crippen molar-refractivity contribution in [2.24, 2.45) is 0 Å². The Morgan fingerprint density at radius 1 is 0.706 bits per heavy atom. The van der Waals surface area contributed by atoms with Crippen molar-refractivity contribution in [1.82, 2.24) is 0 Å². The number of hydrogen-bond donors (Lipinski definition) is 1.